The van der Waals surface area contributed by atoms with E-state index in [1.807, 2.05) is 14.1 Å². The van der Waals surface area contributed by atoms with Crippen molar-refractivity contribution in [3.05, 3.63) is 0 Å². The number of rotatable bonds is 9. The van der Waals surface area contributed by atoms with Gasteiger partial charge in [0.15, 0.2) is 30.9 Å². The summed E-state index contributed by atoms with van der Waals surface area (Å²) in [5, 5.41) is 2.75. The predicted molar refractivity (Wildman–Crippen MR) is 71.8 cm³/mol. The first-order valence-electron chi connectivity index (χ1n) is 6.67. The third-order valence-electron chi connectivity index (χ3n) is 2.67. The fourth-order valence-corrected chi connectivity index (χ4v) is 1.89. The van der Waals surface area contributed by atoms with E-state index in [2.05, 4.69) is 5.32 Å². The summed E-state index contributed by atoms with van der Waals surface area (Å²) in [6, 6.07) is 0. The van der Waals surface area contributed by atoms with Gasteiger partial charge in [-0.05, 0) is 14.1 Å². The Morgan fingerprint density at radius 1 is 0.741 bits per heavy atom. The summed E-state index contributed by atoms with van der Waals surface area (Å²) in [7, 11) is -2.55. The van der Waals surface area contributed by atoms with Crippen LogP contribution in [0.1, 0.15) is 0 Å². The van der Waals surface area contributed by atoms with Crippen molar-refractivity contribution in [2.75, 3.05) is 14.1 Å². The molecule has 0 aromatic carbocycles. The fourth-order valence-electron chi connectivity index (χ4n) is 1.36. The summed E-state index contributed by atoms with van der Waals surface area (Å²) in [5.74, 6) is -5.96. The van der Waals surface area contributed by atoms with Crippen LogP contribution < -0.4 is 5.32 Å². The average Bonchev–Trinajstić information content (AvgIpc) is 2.56. The van der Waals surface area contributed by atoms with Gasteiger partial charge in [-0.1, -0.05) is 0 Å². The average molecular weight is 451 g/mol. The Morgan fingerprint density at radius 2 is 1.04 bits per heavy atom. The molecule has 0 aromatic rings. The zero-order chi connectivity index (χ0) is 22.3. The van der Waals surface area contributed by atoms with Crippen LogP contribution in [-0.4, -0.2) is 81.9 Å². The highest BCUT2D eigenvalue weighted by Gasteiger charge is 2.60. The van der Waals surface area contributed by atoms with Crippen molar-refractivity contribution in [1.82, 2.24) is 5.32 Å². The second kappa shape index (κ2) is 11.2. The Kier molecular flexibility index (Phi) is 11.7. The molecule has 0 aliphatic heterocycles. The summed E-state index contributed by atoms with van der Waals surface area (Å²) in [5.41, 5.74) is -4.79. The van der Waals surface area contributed by atoms with Crippen molar-refractivity contribution < 1.29 is 61.3 Å². The smallest absolute Gasteiger partial charge is 0.323 e. The number of hydrogen-bond acceptors (Lipinski definition) is 3. The maximum atomic E-state index is 13.1. The molecule has 0 spiro atoms. The van der Waals surface area contributed by atoms with E-state index in [0.717, 1.165) is 0 Å². The molecule has 0 bridgehead atoms. The summed E-state index contributed by atoms with van der Waals surface area (Å²) >= 11 is 0. The molecule has 7 atom stereocenters. The molecule has 0 fully saturated rings. The molecule has 166 valence electrons. The molecule has 0 rings (SSSR count). The molecule has 4 nitrogen and oxygen atoms in total. The van der Waals surface area contributed by atoms with Crippen LogP contribution in [-0.2, 0) is 10.1 Å². The highest BCUT2D eigenvalue weighted by molar-refractivity contribution is 7.86. The van der Waals surface area contributed by atoms with Gasteiger partial charge in [0.1, 0.15) is 0 Å². The van der Waals surface area contributed by atoms with Crippen molar-refractivity contribution in [3.8, 4) is 0 Å². The van der Waals surface area contributed by atoms with Crippen LogP contribution in [0.2, 0.25) is 0 Å². The third-order valence-corrected chi connectivity index (χ3v) is 3.51. The molecule has 0 heterocycles. The van der Waals surface area contributed by atoms with Crippen LogP contribution in [0.5, 0.6) is 0 Å². The van der Waals surface area contributed by atoms with Gasteiger partial charge in [-0.25, -0.2) is 39.5 Å². The topological polar surface area (TPSA) is 66.4 Å². The first kappa shape index (κ1) is 28.3. The molecule has 16 heteroatoms. The molecule has 0 saturated heterocycles. The third kappa shape index (κ3) is 7.93. The van der Waals surface area contributed by atoms with E-state index in [9.17, 15) is 56.7 Å². The zero-order valence-electron chi connectivity index (χ0n) is 13.4. The highest BCUT2D eigenvalue weighted by Crippen LogP contribution is 2.36. The number of halogens is 11. The normalized spacial score (nSPS) is 20.7. The van der Waals surface area contributed by atoms with Crippen LogP contribution >= 0.6 is 0 Å². The lowest BCUT2D eigenvalue weighted by Crippen LogP contribution is -2.53. The molecule has 0 radical (unpaired) electrons. The molecule has 0 saturated carbocycles. The second-order valence-electron chi connectivity index (χ2n) is 4.96. The SMILES string of the molecule is CNC.O=S(=O)(O)C(F)C(F)(F)C(F)C(F)C(F)C(F)C(F)C(F)C(F)F. The second-order valence-corrected chi connectivity index (χ2v) is 6.41. The van der Waals surface area contributed by atoms with E-state index in [1.165, 1.54) is 0 Å². The number of hydrogen-bond donors (Lipinski definition) is 2. The number of alkyl halides is 11. The van der Waals surface area contributed by atoms with Gasteiger partial charge in [0.05, 0.1) is 0 Å². The van der Waals surface area contributed by atoms with Gasteiger partial charge in [-0.3, -0.25) is 4.55 Å². The van der Waals surface area contributed by atoms with E-state index in [4.69, 9.17) is 4.55 Å². The van der Waals surface area contributed by atoms with E-state index in [-0.39, 0.29) is 0 Å². The zero-order valence-corrected chi connectivity index (χ0v) is 14.3. The van der Waals surface area contributed by atoms with Crippen molar-refractivity contribution in [1.29, 1.82) is 0 Å². The Bertz CT molecular complexity index is 524. The van der Waals surface area contributed by atoms with E-state index >= 15 is 0 Å². The molecule has 0 aliphatic rings. The Morgan fingerprint density at radius 3 is 1.33 bits per heavy atom. The van der Waals surface area contributed by atoms with E-state index < -0.39 is 65.0 Å². The van der Waals surface area contributed by atoms with E-state index in [1.54, 1.807) is 0 Å². The van der Waals surface area contributed by atoms with Gasteiger partial charge in [0.25, 0.3) is 11.9 Å². The van der Waals surface area contributed by atoms with Crippen LogP contribution in [0.15, 0.2) is 0 Å². The molecule has 2 N–H and O–H groups in total. The van der Waals surface area contributed by atoms with Gasteiger partial charge in [-0.15, -0.1) is 0 Å². The Hall–Kier alpha value is -0.900. The van der Waals surface area contributed by atoms with Gasteiger partial charge in [0, 0.05) is 0 Å². The van der Waals surface area contributed by atoms with Gasteiger partial charge < -0.3 is 5.32 Å². The van der Waals surface area contributed by atoms with Crippen LogP contribution in [0.3, 0.4) is 0 Å². The molecule has 0 aromatic heterocycles. The first-order chi connectivity index (χ1) is 12.0. The minimum absolute atomic E-state index is 1.88. The highest BCUT2D eigenvalue weighted by atomic mass is 32.2. The number of nitrogens with one attached hydrogen (secondary N) is 1. The van der Waals surface area contributed by atoms with Gasteiger partial charge >= 0.3 is 16.0 Å². The van der Waals surface area contributed by atoms with Crippen molar-refractivity contribution >= 4 is 10.1 Å². The monoisotopic (exact) mass is 451 g/mol. The van der Waals surface area contributed by atoms with Crippen LogP contribution in [0.25, 0.3) is 0 Å². The molecule has 7 unspecified atom stereocenters. The van der Waals surface area contributed by atoms with Crippen molar-refractivity contribution in [2.45, 2.75) is 54.9 Å². The summed E-state index contributed by atoms with van der Waals surface area (Å²) in [4.78, 5) is 0. The molecular weight excluding hydrogens is 435 g/mol. The lowest BCUT2D eigenvalue weighted by molar-refractivity contribution is -0.145. The van der Waals surface area contributed by atoms with Crippen LogP contribution in [0, 0.1) is 0 Å². The van der Waals surface area contributed by atoms with Crippen molar-refractivity contribution in [3.63, 3.8) is 0 Å². The summed E-state index contributed by atoms with van der Waals surface area (Å²) in [6.07, 6.45) is -30.1. The van der Waals surface area contributed by atoms with Crippen molar-refractivity contribution in [2.24, 2.45) is 0 Å². The lowest BCUT2D eigenvalue weighted by Gasteiger charge is -2.28. The van der Waals surface area contributed by atoms with Gasteiger partial charge in [-0.2, -0.15) is 17.2 Å². The maximum Gasteiger partial charge on any atom is 0.328 e. The summed E-state index contributed by atoms with van der Waals surface area (Å²) < 4.78 is 168. The molecule has 27 heavy (non-hydrogen) atoms. The maximum absolute atomic E-state index is 13.1. The fraction of sp³-hybridized carbons (Fsp3) is 1.00. The minimum atomic E-state index is -6.30. The molecular formula is C11H16F11NO3S. The summed E-state index contributed by atoms with van der Waals surface area (Å²) in [6.45, 7) is 0. The quantitative estimate of drug-likeness (QED) is 0.418. The van der Waals surface area contributed by atoms with Gasteiger partial charge in [0.2, 0.25) is 6.17 Å². The predicted octanol–water partition coefficient (Wildman–Crippen LogP) is 2.93. The molecule has 0 amide bonds. The lowest BCUT2D eigenvalue weighted by atomic mass is 9.99. The Balaban J connectivity index is 0. The minimum Gasteiger partial charge on any atom is -0.323 e. The largest absolute Gasteiger partial charge is 0.328 e. The molecule has 0 aliphatic carbocycles. The first-order valence-corrected chi connectivity index (χ1v) is 8.17. The van der Waals surface area contributed by atoms with Crippen LogP contribution in [0.4, 0.5) is 48.3 Å². The van der Waals surface area contributed by atoms with E-state index in [0.29, 0.717) is 0 Å². The standard InChI is InChI=1S/C9H9F11O3S.C2H7N/c10-1(3(12)5(14)7(16)17)2(11)4(13)6(15)9(19,20)8(18)24(21,22)23;1-3-2/h1-8H,(H,21,22,23);3H,1-2H3. The Labute approximate surface area is 146 Å².